The predicted octanol–water partition coefficient (Wildman–Crippen LogP) is 7.10. The molecule has 198 valence electrons. The second kappa shape index (κ2) is 10.4. The highest BCUT2D eigenvalue weighted by molar-refractivity contribution is 7.17. The maximum atomic E-state index is 13.3. The molecule has 1 aliphatic rings. The number of thiophene rings is 1. The van der Waals surface area contributed by atoms with E-state index < -0.39 is 0 Å². The molecule has 0 bridgehead atoms. The minimum absolute atomic E-state index is 0.0233. The second-order valence-corrected chi connectivity index (χ2v) is 12.3. The van der Waals surface area contributed by atoms with E-state index in [9.17, 15) is 4.79 Å². The molecule has 0 atom stereocenters. The van der Waals surface area contributed by atoms with Crippen LogP contribution in [0, 0.1) is 0 Å². The number of hydrogen-bond donors (Lipinski definition) is 0. The second-order valence-electron chi connectivity index (χ2n) is 11.2. The summed E-state index contributed by atoms with van der Waals surface area (Å²) in [5.41, 5.74) is 5.12. The van der Waals surface area contributed by atoms with E-state index in [1.54, 1.807) is 26.2 Å². The zero-order valence-corrected chi connectivity index (χ0v) is 24.2. The molecule has 3 aromatic rings. The van der Waals surface area contributed by atoms with E-state index in [2.05, 4.69) is 39.8 Å². The Labute approximate surface area is 225 Å². The summed E-state index contributed by atoms with van der Waals surface area (Å²) in [6.45, 7) is 9.90. The summed E-state index contributed by atoms with van der Waals surface area (Å²) in [6, 6.07) is 14.4. The van der Waals surface area contributed by atoms with Gasteiger partial charge < -0.3 is 19.1 Å². The van der Waals surface area contributed by atoms with Crippen LogP contribution in [-0.4, -0.2) is 45.7 Å². The Morgan fingerprint density at radius 3 is 2.08 bits per heavy atom. The van der Waals surface area contributed by atoms with Crippen molar-refractivity contribution in [1.82, 2.24) is 4.90 Å². The van der Waals surface area contributed by atoms with Crippen LogP contribution in [0.3, 0.4) is 0 Å². The number of amides is 1. The predicted molar refractivity (Wildman–Crippen MR) is 152 cm³/mol. The number of hydrogen-bond acceptors (Lipinski definition) is 5. The maximum absolute atomic E-state index is 13.3. The number of likely N-dealkylation sites (N-methyl/N-ethyl adjacent to an activating group) is 1. The van der Waals surface area contributed by atoms with Crippen LogP contribution in [0.4, 0.5) is 0 Å². The van der Waals surface area contributed by atoms with Crippen molar-refractivity contribution in [3.8, 4) is 27.7 Å². The zero-order chi connectivity index (χ0) is 27.0. The minimum Gasteiger partial charge on any atom is -0.496 e. The first-order chi connectivity index (χ1) is 17.5. The Morgan fingerprint density at radius 1 is 0.838 bits per heavy atom. The van der Waals surface area contributed by atoms with Gasteiger partial charge in [-0.2, -0.15) is 0 Å². The van der Waals surface area contributed by atoms with E-state index in [1.165, 1.54) is 22.5 Å². The summed E-state index contributed by atoms with van der Waals surface area (Å²) >= 11 is 1.53. The Morgan fingerprint density at radius 2 is 1.46 bits per heavy atom. The molecule has 1 aromatic heterocycles. The van der Waals surface area contributed by atoms with Crippen molar-refractivity contribution in [3.05, 3.63) is 64.0 Å². The molecule has 6 heteroatoms. The molecule has 5 nitrogen and oxygen atoms in total. The van der Waals surface area contributed by atoms with Crippen LogP contribution >= 0.6 is 11.3 Å². The summed E-state index contributed by atoms with van der Waals surface area (Å²) in [5, 5.41) is 0. The van der Waals surface area contributed by atoms with Crippen molar-refractivity contribution in [2.24, 2.45) is 0 Å². The van der Waals surface area contributed by atoms with E-state index >= 15 is 0 Å². The lowest BCUT2D eigenvalue weighted by Crippen LogP contribution is -2.33. The van der Waals surface area contributed by atoms with Gasteiger partial charge in [-0.15, -0.1) is 11.3 Å². The van der Waals surface area contributed by atoms with Gasteiger partial charge in [0, 0.05) is 24.0 Å². The van der Waals surface area contributed by atoms with Gasteiger partial charge in [0.15, 0.2) is 11.5 Å². The molecule has 0 unspecified atom stereocenters. The molecule has 1 amide bonds. The molecule has 2 aromatic carbocycles. The number of carbonyl (C=O) groups is 1. The van der Waals surface area contributed by atoms with Crippen molar-refractivity contribution in [2.45, 2.75) is 57.8 Å². The smallest absolute Gasteiger partial charge is 0.263 e. The molecular weight excluding hydrogens is 482 g/mol. The van der Waals surface area contributed by atoms with Gasteiger partial charge in [-0.05, 0) is 83.2 Å². The first-order valence-electron chi connectivity index (χ1n) is 12.8. The van der Waals surface area contributed by atoms with Crippen LogP contribution in [0.2, 0.25) is 0 Å². The number of ether oxygens (including phenoxy) is 3. The largest absolute Gasteiger partial charge is 0.496 e. The molecule has 1 aliphatic carbocycles. The van der Waals surface area contributed by atoms with Gasteiger partial charge >= 0.3 is 0 Å². The Balaban J connectivity index is 1.55. The topological polar surface area (TPSA) is 48.0 Å². The fourth-order valence-electron chi connectivity index (χ4n) is 5.18. The van der Waals surface area contributed by atoms with E-state index in [-0.39, 0.29) is 16.7 Å². The highest BCUT2D eigenvalue weighted by atomic mass is 32.1. The lowest BCUT2D eigenvalue weighted by atomic mass is 9.63. The lowest BCUT2D eigenvalue weighted by molar-refractivity contribution is 0.0801. The molecule has 0 N–H and O–H groups in total. The summed E-state index contributed by atoms with van der Waals surface area (Å²) in [4.78, 5) is 16.8. The number of fused-ring (bicyclic) bond motifs is 1. The molecule has 0 saturated carbocycles. The highest BCUT2D eigenvalue weighted by Gasteiger charge is 2.38. The Bertz CT molecular complexity index is 1290. The Kier molecular flexibility index (Phi) is 7.61. The van der Waals surface area contributed by atoms with Crippen LogP contribution in [0.15, 0.2) is 42.5 Å². The molecule has 0 aliphatic heterocycles. The van der Waals surface area contributed by atoms with Gasteiger partial charge in [-0.1, -0.05) is 33.8 Å². The fraction of sp³-hybridized carbons (Fsp3) is 0.452. The SMILES string of the molecule is COc1ccc(CCN(C)C(=O)c2ccc(-c3cc4c(cc3OC)C(C)(C)CCC4(C)C)s2)cc1OC. The number of benzene rings is 2. The molecule has 4 rings (SSSR count). The average molecular weight is 522 g/mol. The average Bonchev–Trinajstić information content (AvgIpc) is 3.38. The third-order valence-corrected chi connectivity index (χ3v) is 8.89. The molecule has 37 heavy (non-hydrogen) atoms. The molecule has 0 fully saturated rings. The molecule has 0 radical (unpaired) electrons. The number of nitrogens with zero attached hydrogens (tertiary/aromatic N) is 1. The number of rotatable bonds is 8. The van der Waals surface area contributed by atoms with E-state index in [0.717, 1.165) is 45.9 Å². The number of methoxy groups -OCH3 is 3. The van der Waals surface area contributed by atoms with Gasteiger partial charge in [-0.25, -0.2) is 0 Å². The van der Waals surface area contributed by atoms with Crippen molar-refractivity contribution >= 4 is 17.2 Å². The summed E-state index contributed by atoms with van der Waals surface area (Å²) < 4.78 is 16.6. The first kappa shape index (κ1) is 27.1. The van der Waals surface area contributed by atoms with Crippen molar-refractivity contribution in [1.29, 1.82) is 0 Å². The minimum atomic E-state index is 0.0233. The van der Waals surface area contributed by atoms with Crippen molar-refractivity contribution in [2.75, 3.05) is 34.9 Å². The lowest BCUT2D eigenvalue weighted by Gasteiger charge is -2.42. The van der Waals surface area contributed by atoms with Crippen LogP contribution in [-0.2, 0) is 17.3 Å². The monoisotopic (exact) mass is 521 g/mol. The van der Waals surface area contributed by atoms with Gasteiger partial charge in [0.05, 0.1) is 26.2 Å². The Hall–Kier alpha value is -2.99. The van der Waals surface area contributed by atoms with E-state index in [1.807, 2.05) is 37.4 Å². The maximum Gasteiger partial charge on any atom is 0.263 e. The molecule has 0 saturated heterocycles. The zero-order valence-electron chi connectivity index (χ0n) is 23.4. The molecule has 1 heterocycles. The van der Waals surface area contributed by atoms with Crippen LogP contribution in [0.5, 0.6) is 17.2 Å². The standard InChI is InChI=1S/C31H39NO4S/c1-30(2)14-15-31(3,4)23-19-25(35-7)21(18-22(23)30)27-11-12-28(37-27)29(33)32(5)16-13-20-9-10-24(34-6)26(17-20)36-8/h9-12,17-19H,13-16H2,1-8H3. The first-order valence-corrected chi connectivity index (χ1v) is 13.6. The molecular formula is C31H39NO4S. The fourth-order valence-corrected chi connectivity index (χ4v) is 6.20. The molecule has 0 spiro atoms. The van der Waals surface area contributed by atoms with Crippen LogP contribution < -0.4 is 14.2 Å². The van der Waals surface area contributed by atoms with Crippen molar-refractivity contribution < 1.29 is 19.0 Å². The number of carbonyl (C=O) groups excluding carboxylic acids is 1. The van der Waals surface area contributed by atoms with Crippen molar-refractivity contribution in [3.63, 3.8) is 0 Å². The normalized spacial score (nSPS) is 15.6. The summed E-state index contributed by atoms with van der Waals surface area (Å²) in [7, 11) is 6.84. The third kappa shape index (κ3) is 5.35. The summed E-state index contributed by atoms with van der Waals surface area (Å²) in [5.74, 6) is 2.29. The highest BCUT2D eigenvalue weighted by Crippen LogP contribution is 2.49. The quantitative estimate of drug-likeness (QED) is 0.317. The van der Waals surface area contributed by atoms with Gasteiger partial charge in [0.1, 0.15) is 5.75 Å². The van der Waals surface area contributed by atoms with E-state index in [0.29, 0.717) is 18.0 Å². The van der Waals surface area contributed by atoms with E-state index in [4.69, 9.17) is 14.2 Å². The van der Waals surface area contributed by atoms with Gasteiger partial charge in [0.2, 0.25) is 0 Å². The van der Waals surface area contributed by atoms with Crippen LogP contribution in [0.1, 0.15) is 66.9 Å². The third-order valence-electron chi connectivity index (χ3n) is 7.79. The van der Waals surface area contributed by atoms with Gasteiger partial charge in [-0.3, -0.25) is 4.79 Å². The van der Waals surface area contributed by atoms with Crippen LogP contribution in [0.25, 0.3) is 10.4 Å². The van der Waals surface area contributed by atoms with Gasteiger partial charge in [0.25, 0.3) is 5.91 Å². The summed E-state index contributed by atoms with van der Waals surface area (Å²) in [6.07, 6.45) is 3.03.